The van der Waals surface area contributed by atoms with Gasteiger partial charge in [0.15, 0.2) is 5.96 Å². The largest absolute Gasteiger partial charge is 0.396 e. The molecule has 0 heterocycles. The molecular weight excluding hydrogens is 479 g/mol. The van der Waals surface area contributed by atoms with E-state index in [2.05, 4.69) is 34.8 Å². The Morgan fingerprint density at radius 3 is 2.28 bits per heavy atom. The Kier molecular flexibility index (Phi) is 14.8. The van der Waals surface area contributed by atoms with Crippen LogP contribution in [0.15, 0.2) is 29.3 Å². The zero-order valence-electron chi connectivity index (χ0n) is 18.5. The molecule has 29 heavy (non-hydrogen) atoms. The summed E-state index contributed by atoms with van der Waals surface area (Å²) in [4.78, 5) is 16.4. The second kappa shape index (κ2) is 15.5. The molecular formula is C22H39IN4O2. The van der Waals surface area contributed by atoms with Gasteiger partial charge in [0.2, 0.25) is 5.91 Å². The Bertz CT molecular complexity index is 603. The van der Waals surface area contributed by atoms with E-state index in [1.165, 1.54) is 0 Å². The second-order valence-corrected chi connectivity index (χ2v) is 7.92. The zero-order valence-corrected chi connectivity index (χ0v) is 20.8. The first-order chi connectivity index (χ1) is 13.3. The van der Waals surface area contributed by atoms with E-state index < -0.39 is 0 Å². The van der Waals surface area contributed by atoms with E-state index >= 15 is 0 Å². The predicted octanol–water partition coefficient (Wildman–Crippen LogP) is 4.00. The van der Waals surface area contributed by atoms with Gasteiger partial charge in [0, 0.05) is 31.3 Å². The molecule has 0 aliphatic heterocycles. The second-order valence-electron chi connectivity index (χ2n) is 7.92. The molecule has 0 aliphatic rings. The first kappa shape index (κ1) is 27.6. The lowest BCUT2D eigenvalue weighted by Gasteiger charge is -2.20. The van der Waals surface area contributed by atoms with Gasteiger partial charge in [-0.15, -0.1) is 24.0 Å². The van der Waals surface area contributed by atoms with Crippen LogP contribution in [0.1, 0.15) is 53.0 Å². The number of halogens is 1. The van der Waals surface area contributed by atoms with E-state index in [9.17, 15) is 9.90 Å². The highest BCUT2D eigenvalue weighted by atomic mass is 127. The number of rotatable bonds is 11. The fraction of sp³-hybridized carbons (Fsp3) is 0.636. The molecule has 0 radical (unpaired) electrons. The van der Waals surface area contributed by atoms with Crippen molar-refractivity contribution in [2.24, 2.45) is 22.7 Å². The highest BCUT2D eigenvalue weighted by molar-refractivity contribution is 14.0. The summed E-state index contributed by atoms with van der Waals surface area (Å²) in [5.74, 6) is 1.79. The van der Waals surface area contributed by atoms with Crippen molar-refractivity contribution in [3.05, 3.63) is 29.8 Å². The molecule has 1 unspecified atom stereocenters. The summed E-state index contributed by atoms with van der Waals surface area (Å²) in [5.41, 5.74) is 1.88. The number of hydrogen-bond donors (Lipinski definition) is 4. The van der Waals surface area contributed by atoms with Crippen LogP contribution in [0.5, 0.6) is 0 Å². The molecule has 1 aromatic carbocycles. The van der Waals surface area contributed by atoms with Gasteiger partial charge in [0.1, 0.15) is 0 Å². The third-order valence-electron chi connectivity index (χ3n) is 4.41. The first-order valence-corrected chi connectivity index (χ1v) is 10.4. The highest BCUT2D eigenvalue weighted by Crippen LogP contribution is 2.14. The van der Waals surface area contributed by atoms with Crippen molar-refractivity contribution in [1.29, 1.82) is 0 Å². The monoisotopic (exact) mass is 518 g/mol. The Hall–Kier alpha value is -1.35. The van der Waals surface area contributed by atoms with Gasteiger partial charge in [-0.2, -0.15) is 0 Å². The van der Waals surface area contributed by atoms with Crippen LogP contribution in [0.2, 0.25) is 0 Å². The van der Waals surface area contributed by atoms with Gasteiger partial charge in [-0.25, -0.2) is 4.99 Å². The molecule has 1 rings (SSSR count). The molecule has 0 saturated heterocycles. The number of anilines is 1. The van der Waals surface area contributed by atoms with E-state index in [4.69, 9.17) is 0 Å². The Balaban J connectivity index is 0.00000784. The smallest absolute Gasteiger partial charge is 0.226 e. The third-order valence-corrected chi connectivity index (χ3v) is 4.41. The average molecular weight is 518 g/mol. The predicted molar refractivity (Wildman–Crippen MR) is 133 cm³/mol. The lowest BCUT2D eigenvalue weighted by atomic mass is 9.94. The number of hydrogen-bond acceptors (Lipinski definition) is 3. The molecule has 4 N–H and O–H groups in total. The maximum absolute atomic E-state index is 11.8. The summed E-state index contributed by atoms with van der Waals surface area (Å²) in [6, 6.07) is 7.78. The number of carbonyl (C=O) groups excluding carboxylic acids is 1. The van der Waals surface area contributed by atoms with Crippen LogP contribution in [-0.4, -0.2) is 36.7 Å². The molecule has 0 spiro atoms. The van der Waals surface area contributed by atoms with Crippen LogP contribution < -0.4 is 16.0 Å². The van der Waals surface area contributed by atoms with Crippen LogP contribution in [0.25, 0.3) is 0 Å². The number of guanidine groups is 1. The molecule has 0 aromatic heterocycles. The number of carbonyl (C=O) groups is 1. The normalized spacial score (nSPS) is 12.5. The SMILES string of the molecule is CCNC(=NCc1ccc(NC(=O)C(C)C)cc1)NCC(CCO)CC(C)C.I. The fourth-order valence-electron chi connectivity index (χ4n) is 2.89. The molecule has 0 aliphatic carbocycles. The average Bonchev–Trinajstić information content (AvgIpc) is 2.64. The van der Waals surface area contributed by atoms with Crippen molar-refractivity contribution in [1.82, 2.24) is 10.6 Å². The van der Waals surface area contributed by atoms with Crippen LogP contribution in [-0.2, 0) is 11.3 Å². The number of amides is 1. The van der Waals surface area contributed by atoms with Crippen LogP contribution >= 0.6 is 24.0 Å². The Morgan fingerprint density at radius 2 is 1.76 bits per heavy atom. The maximum Gasteiger partial charge on any atom is 0.226 e. The molecule has 0 fully saturated rings. The van der Waals surface area contributed by atoms with Gasteiger partial charge in [0.05, 0.1) is 6.54 Å². The Morgan fingerprint density at radius 1 is 1.10 bits per heavy atom. The minimum Gasteiger partial charge on any atom is -0.396 e. The van der Waals surface area contributed by atoms with Crippen molar-refractivity contribution >= 4 is 41.5 Å². The molecule has 6 nitrogen and oxygen atoms in total. The number of benzene rings is 1. The van der Waals surface area contributed by atoms with Crippen molar-refractivity contribution in [2.75, 3.05) is 25.0 Å². The van der Waals surface area contributed by atoms with E-state index in [1.54, 1.807) is 0 Å². The van der Waals surface area contributed by atoms with E-state index in [1.807, 2.05) is 45.0 Å². The minimum absolute atomic E-state index is 0. The topological polar surface area (TPSA) is 85.8 Å². The summed E-state index contributed by atoms with van der Waals surface area (Å²) >= 11 is 0. The quantitative estimate of drug-likeness (QED) is 0.203. The summed E-state index contributed by atoms with van der Waals surface area (Å²) in [5, 5.41) is 18.8. The van der Waals surface area contributed by atoms with Crippen LogP contribution in [0, 0.1) is 17.8 Å². The van der Waals surface area contributed by atoms with Gasteiger partial charge in [-0.05, 0) is 49.3 Å². The first-order valence-electron chi connectivity index (χ1n) is 10.4. The van der Waals surface area contributed by atoms with Crippen LogP contribution in [0.4, 0.5) is 5.69 Å². The number of aliphatic imine (C=N–C) groups is 1. The van der Waals surface area contributed by atoms with Crippen molar-refractivity contribution in [3.63, 3.8) is 0 Å². The van der Waals surface area contributed by atoms with Gasteiger partial charge in [-0.3, -0.25) is 4.79 Å². The van der Waals surface area contributed by atoms with Gasteiger partial charge in [0.25, 0.3) is 0 Å². The van der Waals surface area contributed by atoms with E-state index in [0.717, 1.165) is 43.1 Å². The minimum atomic E-state index is -0.0385. The van der Waals surface area contributed by atoms with Gasteiger partial charge < -0.3 is 21.1 Å². The summed E-state index contributed by atoms with van der Waals surface area (Å²) in [6.07, 6.45) is 1.88. The van der Waals surface area contributed by atoms with Gasteiger partial charge in [-0.1, -0.05) is 39.8 Å². The number of aliphatic hydroxyl groups is 1. The van der Waals surface area contributed by atoms with Gasteiger partial charge >= 0.3 is 0 Å². The lowest BCUT2D eigenvalue weighted by Crippen LogP contribution is -2.40. The van der Waals surface area contributed by atoms with E-state index in [-0.39, 0.29) is 42.4 Å². The van der Waals surface area contributed by atoms with Crippen LogP contribution in [0.3, 0.4) is 0 Å². The molecule has 1 amide bonds. The van der Waals surface area contributed by atoms with Crippen molar-refractivity contribution in [2.45, 2.75) is 54.0 Å². The Labute approximate surface area is 193 Å². The molecule has 0 bridgehead atoms. The lowest BCUT2D eigenvalue weighted by molar-refractivity contribution is -0.118. The highest BCUT2D eigenvalue weighted by Gasteiger charge is 2.11. The standard InChI is InChI=1S/C22H38N4O2.HI/c1-6-23-22(25-15-19(11-12-27)13-16(2)3)24-14-18-7-9-20(10-8-18)26-21(28)17(4)5;/h7-10,16-17,19,27H,6,11-15H2,1-5H3,(H,26,28)(H2,23,24,25);1H. The zero-order chi connectivity index (χ0) is 20.9. The maximum atomic E-state index is 11.8. The molecule has 0 saturated carbocycles. The summed E-state index contributed by atoms with van der Waals surface area (Å²) < 4.78 is 0. The molecule has 166 valence electrons. The fourth-order valence-corrected chi connectivity index (χ4v) is 2.89. The third kappa shape index (κ3) is 12.1. The molecule has 1 aromatic rings. The van der Waals surface area contributed by atoms with Crippen molar-refractivity contribution in [3.8, 4) is 0 Å². The number of aliphatic hydroxyl groups excluding tert-OH is 1. The number of nitrogens with one attached hydrogen (secondary N) is 3. The van der Waals surface area contributed by atoms with Crippen molar-refractivity contribution < 1.29 is 9.90 Å². The molecule has 1 atom stereocenters. The summed E-state index contributed by atoms with van der Waals surface area (Å²) in [6.45, 7) is 12.6. The van der Waals surface area contributed by atoms with E-state index in [0.29, 0.717) is 18.4 Å². The molecule has 7 heteroatoms. The summed E-state index contributed by atoms with van der Waals surface area (Å²) in [7, 11) is 0. The number of nitrogens with zero attached hydrogens (tertiary/aromatic N) is 1.